The van der Waals surface area contributed by atoms with Gasteiger partial charge in [0.15, 0.2) is 0 Å². The maximum Gasteiger partial charge on any atom is -0.0146 e. The molecular formula is C22H25. The molecule has 0 nitrogen and oxygen atoms in total. The maximum atomic E-state index is 3.92. The number of hydrogen-bond acceptors (Lipinski definition) is 0. The quantitative estimate of drug-likeness (QED) is 0.335. The normalized spacial score (nSPS) is 11.3. The molecule has 0 amide bonds. The summed E-state index contributed by atoms with van der Waals surface area (Å²) in [7, 11) is 0. The van der Waals surface area contributed by atoms with Crippen LogP contribution in [0.4, 0.5) is 0 Å². The molecule has 1 radical (unpaired) electrons. The number of aryl methyl sites for hydroxylation is 1. The third-order valence-electron chi connectivity index (χ3n) is 4.56. The summed E-state index contributed by atoms with van der Waals surface area (Å²) in [5.74, 6) is 0. The fourth-order valence-corrected chi connectivity index (χ4v) is 3.39. The second-order valence-corrected chi connectivity index (χ2v) is 6.17. The molecule has 0 saturated heterocycles. The Morgan fingerprint density at radius 3 is 1.82 bits per heavy atom. The van der Waals surface area contributed by atoms with Crippen molar-refractivity contribution in [1.29, 1.82) is 0 Å². The minimum absolute atomic E-state index is 1.08. The van der Waals surface area contributed by atoms with Crippen LogP contribution in [0.2, 0.25) is 0 Å². The molecule has 0 fully saturated rings. The fraction of sp³-hybridized carbons (Fsp3) is 0.318. The molecule has 3 rings (SSSR count). The monoisotopic (exact) mass is 289 g/mol. The van der Waals surface area contributed by atoms with Gasteiger partial charge in [-0.2, -0.15) is 0 Å². The van der Waals surface area contributed by atoms with Crippen molar-refractivity contribution >= 4 is 21.5 Å². The summed E-state index contributed by atoms with van der Waals surface area (Å²) in [6, 6.07) is 19.9. The lowest BCUT2D eigenvalue weighted by Crippen LogP contribution is -1.91. The van der Waals surface area contributed by atoms with Crippen LogP contribution in [-0.2, 0) is 6.42 Å². The van der Waals surface area contributed by atoms with Gasteiger partial charge in [0.05, 0.1) is 0 Å². The van der Waals surface area contributed by atoms with Gasteiger partial charge in [-0.1, -0.05) is 87.6 Å². The smallest absolute Gasteiger partial charge is 0.0146 e. The van der Waals surface area contributed by atoms with Crippen LogP contribution >= 0.6 is 0 Å². The zero-order valence-corrected chi connectivity index (χ0v) is 13.4. The van der Waals surface area contributed by atoms with E-state index in [0.717, 1.165) is 6.42 Å². The highest BCUT2D eigenvalue weighted by Gasteiger charge is 2.06. The topological polar surface area (TPSA) is 0 Å². The van der Waals surface area contributed by atoms with Crippen LogP contribution in [-0.4, -0.2) is 0 Å². The number of unbranched alkanes of at least 4 members (excludes halogenated alkanes) is 5. The minimum atomic E-state index is 1.08. The molecule has 3 aromatic carbocycles. The van der Waals surface area contributed by atoms with Crippen molar-refractivity contribution < 1.29 is 0 Å². The first-order valence-electron chi connectivity index (χ1n) is 8.59. The molecule has 0 aliphatic rings. The number of rotatable bonds is 7. The van der Waals surface area contributed by atoms with Crippen LogP contribution < -0.4 is 0 Å². The van der Waals surface area contributed by atoms with Gasteiger partial charge in [0, 0.05) is 0 Å². The van der Waals surface area contributed by atoms with E-state index in [2.05, 4.69) is 61.5 Å². The Bertz CT molecular complexity index is 685. The predicted molar refractivity (Wildman–Crippen MR) is 98.2 cm³/mol. The zero-order valence-electron chi connectivity index (χ0n) is 13.4. The minimum Gasteiger partial charge on any atom is -0.0616 e. The second-order valence-electron chi connectivity index (χ2n) is 6.17. The van der Waals surface area contributed by atoms with Crippen LogP contribution in [0, 0.1) is 6.92 Å². The highest BCUT2D eigenvalue weighted by molar-refractivity contribution is 6.02. The summed E-state index contributed by atoms with van der Waals surface area (Å²) in [6.07, 6.45) is 8.84. The van der Waals surface area contributed by atoms with Gasteiger partial charge in [0.2, 0.25) is 0 Å². The summed E-state index contributed by atoms with van der Waals surface area (Å²) in [5, 5.41) is 5.60. The fourth-order valence-electron chi connectivity index (χ4n) is 3.39. The Morgan fingerprint density at radius 2 is 1.18 bits per heavy atom. The standard InChI is InChI=1S/C22H25/c1-2-3-4-5-6-7-16-22-20-14-10-8-12-18(20)17-19-13-9-11-15-21(19)22/h8-15,17H,1-7,16H2. The molecule has 0 aromatic heterocycles. The van der Waals surface area contributed by atoms with Gasteiger partial charge < -0.3 is 0 Å². The molecule has 113 valence electrons. The van der Waals surface area contributed by atoms with E-state index in [9.17, 15) is 0 Å². The molecule has 0 aliphatic heterocycles. The van der Waals surface area contributed by atoms with Crippen LogP contribution in [0.1, 0.15) is 44.1 Å². The molecular weight excluding hydrogens is 264 g/mol. The van der Waals surface area contributed by atoms with E-state index in [0.29, 0.717) is 0 Å². The average molecular weight is 289 g/mol. The molecule has 3 aromatic rings. The summed E-state index contributed by atoms with van der Waals surface area (Å²) in [4.78, 5) is 0. The van der Waals surface area contributed by atoms with Crippen molar-refractivity contribution in [3.63, 3.8) is 0 Å². The molecule has 22 heavy (non-hydrogen) atoms. The molecule has 0 saturated carbocycles. The Hall–Kier alpha value is -1.82. The van der Waals surface area contributed by atoms with Crippen molar-refractivity contribution in [2.75, 3.05) is 0 Å². The number of hydrogen-bond donors (Lipinski definition) is 0. The molecule has 0 spiro atoms. The van der Waals surface area contributed by atoms with Gasteiger partial charge in [-0.05, 0) is 46.0 Å². The summed E-state index contributed by atoms with van der Waals surface area (Å²) in [6.45, 7) is 3.92. The van der Waals surface area contributed by atoms with Crippen molar-refractivity contribution in [3.8, 4) is 0 Å². The molecule has 0 unspecified atom stereocenters. The molecule has 0 bridgehead atoms. The first-order chi connectivity index (χ1) is 10.9. The third kappa shape index (κ3) is 3.32. The van der Waals surface area contributed by atoms with Crippen LogP contribution in [0.15, 0.2) is 54.6 Å². The summed E-state index contributed by atoms with van der Waals surface area (Å²) in [5.41, 5.74) is 1.53. The van der Waals surface area contributed by atoms with Gasteiger partial charge >= 0.3 is 0 Å². The van der Waals surface area contributed by atoms with E-state index in [-0.39, 0.29) is 0 Å². The van der Waals surface area contributed by atoms with Crippen molar-refractivity contribution in [2.24, 2.45) is 0 Å². The Labute approximate surface area is 134 Å². The van der Waals surface area contributed by atoms with Gasteiger partial charge in [-0.25, -0.2) is 0 Å². The van der Waals surface area contributed by atoms with Crippen LogP contribution in [0.3, 0.4) is 0 Å². The highest BCUT2D eigenvalue weighted by atomic mass is 14.1. The lowest BCUT2D eigenvalue weighted by atomic mass is 9.93. The van der Waals surface area contributed by atoms with Crippen LogP contribution in [0.5, 0.6) is 0 Å². The lowest BCUT2D eigenvalue weighted by molar-refractivity contribution is 0.618. The second kappa shape index (κ2) is 7.45. The van der Waals surface area contributed by atoms with E-state index < -0.39 is 0 Å². The molecule has 0 heteroatoms. The van der Waals surface area contributed by atoms with Gasteiger partial charge in [-0.3, -0.25) is 0 Å². The Balaban J connectivity index is 1.85. The number of benzene rings is 3. The van der Waals surface area contributed by atoms with Gasteiger partial charge in [0.25, 0.3) is 0 Å². The van der Waals surface area contributed by atoms with Crippen molar-refractivity contribution in [3.05, 3.63) is 67.1 Å². The number of fused-ring (bicyclic) bond motifs is 2. The maximum absolute atomic E-state index is 3.92. The van der Waals surface area contributed by atoms with E-state index in [1.807, 2.05) is 0 Å². The average Bonchev–Trinajstić information content (AvgIpc) is 2.57. The molecule has 0 atom stereocenters. The summed E-state index contributed by atoms with van der Waals surface area (Å²) >= 11 is 0. The van der Waals surface area contributed by atoms with E-state index >= 15 is 0 Å². The van der Waals surface area contributed by atoms with Crippen molar-refractivity contribution in [1.82, 2.24) is 0 Å². The first kappa shape index (κ1) is 15.1. The lowest BCUT2D eigenvalue weighted by Gasteiger charge is -2.11. The largest absolute Gasteiger partial charge is 0.0616 e. The molecule has 0 aliphatic carbocycles. The predicted octanol–water partition coefficient (Wildman–Crippen LogP) is 6.71. The highest BCUT2D eigenvalue weighted by Crippen LogP contribution is 2.29. The van der Waals surface area contributed by atoms with Crippen LogP contribution in [0.25, 0.3) is 21.5 Å². The SMILES string of the molecule is [CH2]CCCCCCCc1c2ccccc2cc2ccccc12. The van der Waals surface area contributed by atoms with Crippen molar-refractivity contribution in [2.45, 2.75) is 44.9 Å². The third-order valence-corrected chi connectivity index (χ3v) is 4.56. The van der Waals surface area contributed by atoms with E-state index in [1.54, 1.807) is 0 Å². The zero-order chi connectivity index (χ0) is 15.2. The Kier molecular flexibility index (Phi) is 5.11. The van der Waals surface area contributed by atoms with E-state index in [1.165, 1.54) is 65.6 Å². The molecule has 0 N–H and O–H groups in total. The Morgan fingerprint density at radius 1 is 0.636 bits per heavy atom. The van der Waals surface area contributed by atoms with Gasteiger partial charge in [0.1, 0.15) is 0 Å². The van der Waals surface area contributed by atoms with E-state index in [4.69, 9.17) is 0 Å². The summed E-state index contributed by atoms with van der Waals surface area (Å²) < 4.78 is 0. The molecule has 0 heterocycles. The first-order valence-corrected chi connectivity index (χ1v) is 8.59. The van der Waals surface area contributed by atoms with Gasteiger partial charge in [-0.15, -0.1) is 0 Å².